The van der Waals surface area contributed by atoms with E-state index < -0.39 is 10.0 Å². The molecule has 1 aliphatic heterocycles. The molecule has 0 N–H and O–H groups in total. The van der Waals surface area contributed by atoms with Gasteiger partial charge < -0.3 is 4.90 Å². The lowest BCUT2D eigenvalue weighted by atomic mass is 10.1. The minimum absolute atomic E-state index is 0.0418. The Hall–Kier alpha value is -2.67. The molecule has 7 heteroatoms. The molecule has 3 rings (SSSR count). The normalized spacial score (nSPS) is 16.1. The van der Waals surface area contributed by atoms with Crippen LogP contribution in [0.25, 0.3) is 0 Å². The van der Waals surface area contributed by atoms with Gasteiger partial charge in [0.1, 0.15) is 6.54 Å². The molecular weight excluding hydrogens is 364 g/mol. The number of carbonyl (C=O) groups excluding carboxylic acids is 2. The van der Waals surface area contributed by atoms with E-state index in [1.54, 1.807) is 23.1 Å². The molecule has 0 unspecified atom stereocenters. The first-order valence-electron chi connectivity index (χ1n) is 8.67. The lowest BCUT2D eigenvalue weighted by molar-refractivity contribution is -0.117. The summed E-state index contributed by atoms with van der Waals surface area (Å²) in [6, 6.07) is 13.9. The highest BCUT2D eigenvalue weighted by Gasteiger charge is 2.33. The van der Waals surface area contributed by atoms with E-state index in [4.69, 9.17) is 0 Å². The van der Waals surface area contributed by atoms with Crippen LogP contribution in [0.5, 0.6) is 0 Å². The number of hydrogen-bond donors (Lipinski definition) is 0. The molecule has 1 aliphatic rings. The molecule has 1 atom stereocenters. The number of Topliss-reactive ketones (excluding diaryl/α,β-unsaturated/α-hetero) is 1. The van der Waals surface area contributed by atoms with Crippen molar-refractivity contribution < 1.29 is 18.0 Å². The summed E-state index contributed by atoms with van der Waals surface area (Å²) in [5.74, 6) is -0.468. The number of nitrogens with zero attached hydrogens (tertiary/aromatic N) is 2. The second-order valence-electron chi connectivity index (χ2n) is 6.82. The van der Waals surface area contributed by atoms with Crippen molar-refractivity contribution in [3.63, 3.8) is 0 Å². The summed E-state index contributed by atoms with van der Waals surface area (Å²) >= 11 is 0. The van der Waals surface area contributed by atoms with Gasteiger partial charge in [-0.25, -0.2) is 8.42 Å². The van der Waals surface area contributed by atoms with Gasteiger partial charge in [-0.2, -0.15) is 0 Å². The Bertz CT molecular complexity index is 1000. The molecule has 6 nitrogen and oxygen atoms in total. The molecule has 0 aromatic heterocycles. The lowest BCUT2D eigenvalue weighted by Gasteiger charge is -2.28. The molecular formula is C20H22N2O4S. The summed E-state index contributed by atoms with van der Waals surface area (Å²) in [6.07, 6.45) is 1.79. The second kappa shape index (κ2) is 7.15. The summed E-state index contributed by atoms with van der Waals surface area (Å²) in [4.78, 5) is 26.3. The van der Waals surface area contributed by atoms with Gasteiger partial charge in [0.25, 0.3) is 0 Å². The standard InChI is InChI=1S/C20H22N2O4S/c1-14-11-17-7-4-5-10-19(17)22(14)20(24)13-21(27(3,25)26)18-9-6-8-16(12-18)15(2)23/h4-10,12,14H,11,13H2,1-3H3/t14-/m1/s1. The van der Waals surface area contributed by atoms with Crippen LogP contribution in [-0.2, 0) is 21.2 Å². The summed E-state index contributed by atoms with van der Waals surface area (Å²) in [5, 5.41) is 0. The Balaban J connectivity index is 1.94. The van der Waals surface area contributed by atoms with E-state index in [1.165, 1.54) is 13.0 Å². The van der Waals surface area contributed by atoms with Crippen molar-refractivity contribution in [1.29, 1.82) is 0 Å². The summed E-state index contributed by atoms with van der Waals surface area (Å²) in [5.41, 5.74) is 2.59. The lowest BCUT2D eigenvalue weighted by Crippen LogP contribution is -2.45. The van der Waals surface area contributed by atoms with Crippen LogP contribution in [0.3, 0.4) is 0 Å². The smallest absolute Gasteiger partial charge is 0.248 e. The van der Waals surface area contributed by atoms with Crippen LogP contribution >= 0.6 is 0 Å². The summed E-state index contributed by atoms with van der Waals surface area (Å²) in [7, 11) is -3.71. The molecule has 1 heterocycles. The number of benzene rings is 2. The van der Waals surface area contributed by atoms with E-state index in [2.05, 4.69) is 0 Å². The molecule has 0 bridgehead atoms. The number of ketones is 1. The first-order valence-corrected chi connectivity index (χ1v) is 10.5. The molecule has 2 aromatic carbocycles. The minimum atomic E-state index is -3.71. The van der Waals surface area contributed by atoms with Gasteiger partial charge in [-0.3, -0.25) is 13.9 Å². The maximum atomic E-state index is 13.0. The Morgan fingerprint density at radius 2 is 1.85 bits per heavy atom. The van der Waals surface area contributed by atoms with Gasteiger partial charge in [-0.15, -0.1) is 0 Å². The van der Waals surface area contributed by atoms with Crippen molar-refractivity contribution in [3.05, 3.63) is 59.7 Å². The highest BCUT2D eigenvalue weighted by Crippen LogP contribution is 2.32. The van der Waals surface area contributed by atoms with Gasteiger partial charge >= 0.3 is 0 Å². The Morgan fingerprint density at radius 1 is 1.15 bits per heavy atom. The van der Waals surface area contributed by atoms with Crippen LogP contribution in [0, 0.1) is 0 Å². The van der Waals surface area contributed by atoms with E-state index in [0.29, 0.717) is 11.3 Å². The van der Waals surface area contributed by atoms with Gasteiger partial charge in [0, 0.05) is 17.3 Å². The molecule has 0 aliphatic carbocycles. The molecule has 27 heavy (non-hydrogen) atoms. The van der Waals surface area contributed by atoms with Crippen molar-refractivity contribution in [1.82, 2.24) is 0 Å². The van der Waals surface area contributed by atoms with E-state index in [-0.39, 0.29) is 24.3 Å². The zero-order valence-corrected chi connectivity index (χ0v) is 16.4. The quantitative estimate of drug-likeness (QED) is 0.741. The fourth-order valence-corrected chi connectivity index (χ4v) is 4.27. The number of rotatable bonds is 5. The Labute approximate surface area is 159 Å². The molecule has 0 fully saturated rings. The van der Waals surface area contributed by atoms with Crippen molar-refractivity contribution in [2.75, 3.05) is 22.0 Å². The molecule has 0 radical (unpaired) electrons. The largest absolute Gasteiger partial charge is 0.307 e. The highest BCUT2D eigenvalue weighted by molar-refractivity contribution is 7.92. The van der Waals surface area contributed by atoms with E-state index in [0.717, 1.165) is 28.2 Å². The predicted octanol–water partition coefficient (Wildman–Crippen LogP) is 2.63. The molecule has 0 saturated carbocycles. The minimum Gasteiger partial charge on any atom is -0.307 e. The van der Waals surface area contributed by atoms with Crippen molar-refractivity contribution in [2.24, 2.45) is 0 Å². The average molecular weight is 386 g/mol. The zero-order valence-electron chi connectivity index (χ0n) is 15.5. The van der Waals surface area contributed by atoms with E-state index in [9.17, 15) is 18.0 Å². The van der Waals surface area contributed by atoms with Gasteiger partial charge in [0.15, 0.2) is 5.78 Å². The van der Waals surface area contributed by atoms with Crippen LogP contribution in [0.2, 0.25) is 0 Å². The van der Waals surface area contributed by atoms with E-state index >= 15 is 0 Å². The second-order valence-corrected chi connectivity index (χ2v) is 8.73. The predicted molar refractivity (Wildman–Crippen MR) is 106 cm³/mol. The molecule has 0 spiro atoms. The van der Waals surface area contributed by atoms with Crippen LogP contribution in [0.1, 0.15) is 29.8 Å². The number of para-hydroxylation sites is 1. The fourth-order valence-electron chi connectivity index (χ4n) is 3.42. The molecule has 0 saturated heterocycles. The maximum Gasteiger partial charge on any atom is 0.248 e. The Morgan fingerprint density at radius 3 is 2.52 bits per heavy atom. The molecule has 142 valence electrons. The number of carbonyl (C=O) groups is 2. The van der Waals surface area contributed by atoms with Gasteiger partial charge in [-0.1, -0.05) is 30.3 Å². The SMILES string of the molecule is CC(=O)c1cccc(N(CC(=O)N2c3ccccc3C[C@H]2C)S(C)(=O)=O)c1. The number of amides is 1. The summed E-state index contributed by atoms with van der Waals surface area (Å²) in [6.45, 7) is 3.04. The van der Waals surface area contributed by atoms with Crippen LogP contribution in [-0.4, -0.2) is 39.0 Å². The van der Waals surface area contributed by atoms with Crippen LogP contribution in [0.4, 0.5) is 11.4 Å². The van der Waals surface area contributed by atoms with Crippen LogP contribution in [0.15, 0.2) is 48.5 Å². The highest BCUT2D eigenvalue weighted by atomic mass is 32.2. The van der Waals surface area contributed by atoms with E-state index in [1.807, 2.05) is 31.2 Å². The number of sulfonamides is 1. The summed E-state index contributed by atoms with van der Waals surface area (Å²) < 4.78 is 25.8. The number of hydrogen-bond acceptors (Lipinski definition) is 4. The fraction of sp³-hybridized carbons (Fsp3) is 0.300. The first-order chi connectivity index (χ1) is 12.7. The monoisotopic (exact) mass is 386 g/mol. The van der Waals surface area contributed by atoms with Crippen molar-refractivity contribution >= 4 is 33.1 Å². The maximum absolute atomic E-state index is 13.0. The topological polar surface area (TPSA) is 74.8 Å². The third-order valence-corrected chi connectivity index (χ3v) is 5.84. The molecule has 2 aromatic rings. The Kier molecular flexibility index (Phi) is 5.06. The van der Waals surface area contributed by atoms with Gasteiger partial charge in [0.05, 0.1) is 11.9 Å². The average Bonchev–Trinajstić information content (AvgIpc) is 2.94. The number of anilines is 2. The third kappa shape index (κ3) is 3.88. The zero-order chi connectivity index (χ0) is 19.8. The van der Waals surface area contributed by atoms with Crippen molar-refractivity contribution in [3.8, 4) is 0 Å². The van der Waals surface area contributed by atoms with Crippen LogP contribution < -0.4 is 9.21 Å². The first kappa shape index (κ1) is 19.1. The third-order valence-electron chi connectivity index (χ3n) is 4.70. The number of fused-ring (bicyclic) bond motifs is 1. The molecule has 1 amide bonds. The van der Waals surface area contributed by atoms with Gasteiger partial charge in [0.2, 0.25) is 15.9 Å². The van der Waals surface area contributed by atoms with Crippen molar-refractivity contribution in [2.45, 2.75) is 26.3 Å². The van der Waals surface area contributed by atoms with Gasteiger partial charge in [-0.05, 0) is 44.0 Å².